The molecule has 1 aromatic heterocycles. The van der Waals surface area contributed by atoms with Crippen molar-refractivity contribution in [2.75, 3.05) is 5.73 Å². The number of thiazole rings is 1. The van der Waals surface area contributed by atoms with Gasteiger partial charge in [0, 0.05) is 15.5 Å². The number of anilines is 1. The molecule has 0 atom stereocenters. The fourth-order valence-electron chi connectivity index (χ4n) is 1.33. The van der Waals surface area contributed by atoms with Gasteiger partial charge in [0.2, 0.25) is 0 Å². The maximum atomic E-state index is 13.1. The number of nitrogen functional groups attached to an aromatic ring is 1. The van der Waals surface area contributed by atoms with Gasteiger partial charge in [0.15, 0.2) is 0 Å². The van der Waals surface area contributed by atoms with Crippen LogP contribution in [-0.2, 0) is 6.54 Å². The van der Waals surface area contributed by atoms with Crippen LogP contribution in [0.3, 0.4) is 0 Å². The predicted molar refractivity (Wildman–Crippen MR) is 71.8 cm³/mol. The highest BCUT2D eigenvalue weighted by atomic mass is 79.9. The minimum atomic E-state index is -0.555. The number of aromatic nitrogens is 1. The van der Waals surface area contributed by atoms with Gasteiger partial charge < -0.3 is 11.1 Å². The molecular weight excluding hydrogens is 321 g/mol. The Kier molecular flexibility index (Phi) is 3.93. The van der Waals surface area contributed by atoms with Crippen molar-refractivity contribution in [1.29, 1.82) is 0 Å². The molecule has 0 saturated carbocycles. The second-order valence-electron chi connectivity index (χ2n) is 3.50. The van der Waals surface area contributed by atoms with E-state index < -0.39 is 5.82 Å². The highest BCUT2D eigenvalue weighted by Gasteiger charge is 2.13. The van der Waals surface area contributed by atoms with Gasteiger partial charge in [-0.3, -0.25) is 9.78 Å². The molecule has 1 amide bonds. The summed E-state index contributed by atoms with van der Waals surface area (Å²) in [5.74, 6) is -0.872. The molecule has 2 aromatic rings. The summed E-state index contributed by atoms with van der Waals surface area (Å²) in [4.78, 5) is 16.7. The molecule has 0 unspecified atom stereocenters. The maximum absolute atomic E-state index is 13.1. The molecule has 0 bridgehead atoms. The first-order chi connectivity index (χ1) is 8.58. The smallest absolute Gasteiger partial charge is 0.252 e. The molecule has 7 heteroatoms. The molecular formula is C11H9BrFN3OS. The fraction of sp³-hybridized carbons (Fsp3) is 0.0909. The Morgan fingerprint density at radius 2 is 2.33 bits per heavy atom. The Bertz CT molecular complexity index is 574. The first-order valence-corrected chi connectivity index (χ1v) is 6.65. The quantitative estimate of drug-likeness (QED) is 0.850. The highest BCUT2D eigenvalue weighted by molar-refractivity contribution is 9.10. The Hall–Kier alpha value is -1.47. The summed E-state index contributed by atoms with van der Waals surface area (Å²) in [6.07, 6.45) is 1.68. The van der Waals surface area contributed by atoms with E-state index >= 15 is 0 Å². The molecule has 94 valence electrons. The number of hydrogen-bond acceptors (Lipinski definition) is 4. The van der Waals surface area contributed by atoms with Crippen molar-refractivity contribution in [3.63, 3.8) is 0 Å². The van der Waals surface area contributed by atoms with Crippen molar-refractivity contribution < 1.29 is 9.18 Å². The van der Waals surface area contributed by atoms with E-state index in [4.69, 9.17) is 5.73 Å². The van der Waals surface area contributed by atoms with E-state index in [2.05, 4.69) is 26.2 Å². The third-order valence-electron chi connectivity index (χ3n) is 2.24. The lowest BCUT2D eigenvalue weighted by atomic mass is 10.2. The minimum Gasteiger partial charge on any atom is -0.396 e. The van der Waals surface area contributed by atoms with Crippen LogP contribution in [0, 0.1) is 5.82 Å². The lowest BCUT2D eigenvalue weighted by molar-refractivity contribution is 0.0950. The van der Waals surface area contributed by atoms with E-state index in [0.29, 0.717) is 16.6 Å². The van der Waals surface area contributed by atoms with Gasteiger partial charge in [0.1, 0.15) is 5.82 Å². The van der Waals surface area contributed by atoms with Crippen LogP contribution in [0.2, 0.25) is 0 Å². The van der Waals surface area contributed by atoms with E-state index in [1.165, 1.54) is 23.5 Å². The Morgan fingerprint density at radius 1 is 1.56 bits per heavy atom. The van der Waals surface area contributed by atoms with Crippen molar-refractivity contribution in [2.24, 2.45) is 0 Å². The Morgan fingerprint density at radius 3 is 3.00 bits per heavy atom. The van der Waals surface area contributed by atoms with Crippen molar-refractivity contribution >= 4 is 38.9 Å². The Labute approximate surface area is 115 Å². The summed E-state index contributed by atoms with van der Waals surface area (Å²) in [7, 11) is 0. The number of nitrogens with zero attached hydrogens (tertiary/aromatic N) is 1. The zero-order valence-electron chi connectivity index (χ0n) is 9.11. The van der Waals surface area contributed by atoms with Crippen molar-refractivity contribution in [1.82, 2.24) is 10.3 Å². The molecule has 3 N–H and O–H groups in total. The van der Waals surface area contributed by atoms with Crippen LogP contribution >= 0.6 is 27.3 Å². The number of nitrogens with one attached hydrogen (secondary N) is 1. The Balaban J connectivity index is 2.11. The summed E-state index contributed by atoms with van der Waals surface area (Å²) < 4.78 is 13.5. The average Bonchev–Trinajstić information content (AvgIpc) is 2.84. The van der Waals surface area contributed by atoms with Crippen LogP contribution < -0.4 is 11.1 Å². The summed E-state index contributed by atoms with van der Waals surface area (Å²) in [6, 6.07) is 2.48. The summed E-state index contributed by atoms with van der Waals surface area (Å²) in [5.41, 5.74) is 7.37. The molecule has 0 aliphatic rings. The number of carbonyl (C=O) groups excluding carboxylic acids is 1. The number of nitrogens with two attached hydrogens (primary N) is 1. The van der Waals surface area contributed by atoms with E-state index in [1.54, 1.807) is 11.7 Å². The van der Waals surface area contributed by atoms with Crippen molar-refractivity contribution in [3.8, 4) is 0 Å². The van der Waals surface area contributed by atoms with E-state index in [1.807, 2.05) is 0 Å². The van der Waals surface area contributed by atoms with Gasteiger partial charge in [-0.15, -0.1) is 11.3 Å². The standard InChI is InChI=1S/C11H9BrFN3OS/c12-8-2-9(13)10(14)1-7(8)11(17)16-4-6-3-15-5-18-6/h1-3,5H,4,14H2,(H,16,17). The molecule has 0 saturated heterocycles. The molecule has 1 heterocycles. The first-order valence-electron chi connectivity index (χ1n) is 4.98. The van der Waals surface area contributed by atoms with Crippen molar-refractivity contribution in [3.05, 3.63) is 44.6 Å². The van der Waals surface area contributed by atoms with Crippen LogP contribution in [0.25, 0.3) is 0 Å². The van der Waals surface area contributed by atoms with Gasteiger partial charge in [-0.1, -0.05) is 0 Å². The van der Waals surface area contributed by atoms with Crippen LogP contribution in [-0.4, -0.2) is 10.9 Å². The number of rotatable bonds is 3. The normalized spacial score (nSPS) is 10.3. The fourth-order valence-corrected chi connectivity index (χ4v) is 2.36. The van der Waals surface area contributed by atoms with Crippen LogP contribution in [0.5, 0.6) is 0 Å². The summed E-state index contributed by atoms with van der Waals surface area (Å²) >= 11 is 4.58. The van der Waals surface area contributed by atoms with Gasteiger partial charge in [0.05, 0.1) is 23.3 Å². The molecule has 18 heavy (non-hydrogen) atoms. The number of halogens is 2. The maximum Gasteiger partial charge on any atom is 0.252 e. The van der Waals surface area contributed by atoms with Crippen LogP contribution in [0.15, 0.2) is 28.3 Å². The molecule has 2 rings (SSSR count). The molecule has 0 spiro atoms. The second kappa shape index (κ2) is 5.45. The van der Waals surface area contributed by atoms with Gasteiger partial charge in [-0.25, -0.2) is 4.39 Å². The lowest BCUT2D eigenvalue weighted by Gasteiger charge is -2.07. The molecule has 0 aliphatic heterocycles. The van der Waals surface area contributed by atoms with Crippen LogP contribution in [0.1, 0.15) is 15.2 Å². The average molecular weight is 330 g/mol. The molecule has 0 radical (unpaired) electrons. The van der Waals surface area contributed by atoms with Gasteiger partial charge in [-0.05, 0) is 28.1 Å². The zero-order chi connectivity index (χ0) is 13.1. The third kappa shape index (κ3) is 2.85. The number of carbonyl (C=O) groups is 1. The topological polar surface area (TPSA) is 68.0 Å². The minimum absolute atomic E-state index is 0.0545. The predicted octanol–water partition coefficient (Wildman–Crippen LogP) is 2.56. The van der Waals surface area contributed by atoms with E-state index in [-0.39, 0.29) is 11.6 Å². The van der Waals surface area contributed by atoms with Gasteiger partial charge in [0.25, 0.3) is 5.91 Å². The highest BCUT2D eigenvalue weighted by Crippen LogP contribution is 2.22. The second-order valence-corrected chi connectivity index (χ2v) is 5.33. The number of hydrogen-bond donors (Lipinski definition) is 2. The first kappa shape index (κ1) is 13.0. The molecule has 4 nitrogen and oxygen atoms in total. The summed E-state index contributed by atoms with van der Waals surface area (Å²) in [6.45, 7) is 0.382. The van der Waals surface area contributed by atoms with Gasteiger partial charge >= 0.3 is 0 Å². The lowest BCUT2D eigenvalue weighted by Crippen LogP contribution is -2.23. The zero-order valence-corrected chi connectivity index (χ0v) is 11.5. The molecule has 0 fully saturated rings. The molecule has 1 aromatic carbocycles. The van der Waals surface area contributed by atoms with E-state index in [9.17, 15) is 9.18 Å². The number of amides is 1. The monoisotopic (exact) mass is 329 g/mol. The van der Waals surface area contributed by atoms with Crippen LogP contribution in [0.4, 0.5) is 10.1 Å². The largest absolute Gasteiger partial charge is 0.396 e. The van der Waals surface area contributed by atoms with Crippen molar-refractivity contribution in [2.45, 2.75) is 6.54 Å². The third-order valence-corrected chi connectivity index (χ3v) is 3.67. The number of benzene rings is 1. The van der Waals surface area contributed by atoms with E-state index in [0.717, 1.165) is 4.88 Å². The SMILES string of the molecule is Nc1cc(C(=O)NCc2cncs2)c(Br)cc1F. The summed E-state index contributed by atoms with van der Waals surface area (Å²) in [5, 5.41) is 2.71. The molecule has 0 aliphatic carbocycles. The van der Waals surface area contributed by atoms with Gasteiger partial charge in [-0.2, -0.15) is 0 Å².